The molecule has 2 rings (SSSR count). The topological polar surface area (TPSA) is 106 Å². The molecule has 0 radical (unpaired) electrons. The SMILES string of the molecule is CCN(CC)CCCS(=O)(=O)N[C@H](CCc1ccccc1)c1nc(CN)n(CC)n1. The predicted molar refractivity (Wildman–Crippen MR) is 120 cm³/mol. The molecule has 0 aliphatic heterocycles. The molecule has 168 valence electrons. The minimum absolute atomic E-state index is 0.0869. The maximum atomic E-state index is 12.8. The van der Waals surface area contributed by atoms with Gasteiger partial charge in [0, 0.05) is 6.54 Å². The Morgan fingerprint density at radius 3 is 2.43 bits per heavy atom. The van der Waals surface area contributed by atoms with E-state index in [0.717, 1.165) is 31.6 Å². The Labute approximate surface area is 180 Å². The molecule has 8 nitrogen and oxygen atoms in total. The van der Waals surface area contributed by atoms with Crippen molar-refractivity contribution in [3.63, 3.8) is 0 Å². The summed E-state index contributed by atoms with van der Waals surface area (Å²) in [7, 11) is -3.46. The minimum Gasteiger partial charge on any atom is -0.324 e. The van der Waals surface area contributed by atoms with E-state index in [1.807, 2.05) is 37.3 Å². The van der Waals surface area contributed by atoms with Crippen molar-refractivity contribution in [3.8, 4) is 0 Å². The lowest BCUT2D eigenvalue weighted by Gasteiger charge is -2.19. The van der Waals surface area contributed by atoms with Gasteiger partial charge < -0.3 is 10.6 Å². The summed E-state index contributed by atoms with van der Waals surface area (Å²) in [6, 6.07) is 9.54. The van der Waals surface area contributed by atoms with Gasteiger partial charge in [0.1, 0.15) is 5.82 Å². The number of nitrogens with two attached hydrogens (primary N) is 1. The average molecular weight is 437 g/mol. The van der Waals surface area contributed by atoms with Crippen LogP contribution in [0, 0.1) is 0 Å². The molecule has 0 unspecified atom stereocenters. The molecule has 1 aromatic heterocycles. The Bertz CT molecular complexity index is 828. The number of nitrogens with zero attached hydrogens (tertiary/aromatic N) is 4. The average Bonchev–Trinajstić information content (AvgIpc) is 3.18. The summed E-state index contributed by atoms with van der Waals surface area (Å²) >= 11 is 0. The first-order valence-corrected chi connectivity index (χ1v) is 12.5. The number of rotatable bonds is 14. The molecule has 30 heavy (non-hydrogen) atoms. The summed E-state index contributed by atoms with van der Waals surface area (Å²) in [5.41, 5.74) is 6.94. The van der Waals surface area contributed by atoms with Crippen LogP contribution in [0.5, 0.6) is 0 Å². The van der Waals surface area contributed by atoms with Crippen LogP contribution >= 0.6 is 0 Å². The highest BCUT2D eigenvalue weighted by atomic mass is 32.2. The Morgan fingerprint density at radius 2 is 1.87 bits per heavy atom. The molecule has 0 bridgehead atoms. The van der Waals surface area contributed by atoms with Crippen LogP contribution in [-0.2, 0) is 29.5 Å². The van der Waals surface area contributed by atoms with E-state index in [2.05, 4.69) is 33.6 Å². The summed E-state index contributed by atoms with van der Waals surface area (Å²) < 4.78 is 30.2. The first-order valence-electron chi connectivity index (χ1n) is 10.8. The fourth-order valence-electron chi connectivity index (χ4n) is 3.44. The highest BCUT2D eigenvalue weighted by Gasteiger charge is 2.24. The van der Waals surface area contributed by atoms with Gasteiger partial charge in [-0.25, -0.2) is 22.8 Å². The lowest BCUT2D eigenvalue weighted by Crippen LogP contribution is -2.33. The molecule has 1 aromatic carbocycles. The fourth-order valence-corrected chi connectivity index (χ4v) is 4.72. The van der Waals surface area contributed by atoms with Crippen LogP contribution in [0.1, 0.15) is 56.9 Å². The van der Waals surface area contributed by atoms with Crippen molar-refractivity contribution >= 4 is 10.0 Å². The Balaban J connectivity index is 2.12. The van der Waals surface area contributed by atoms with Crippen molar-refractivity contribution in [2.75, 3.05) is 25.4 Å². The smallest absolute Gasteiger partial charge is 0.212 e. The fraction of sp³-hybridized carbons (Fsp3) is 0.619. The quantitative estimate of drug-likeness (QED) is 0.470. The zero-order valence-electron chi connectivity index (χ0n) is 18.4. The molecule has 0 aliphatic carbocycles. The number of sulfonamides is 1. The van der Waals surface area contributed by atoms with Crippen LogP contribution in [0.4, 0.5) is 0 Å². The van der Waals surface area contributed by atoms with Crippen molar-refractivity contribution in [1.82, 2.24) is 24.4 Å². The molecule has 0 amide bonds. The Kier molecular flexibility index (Phi) is 9.90. The van der Waals surface area contributed by atoms with Gasteiger partial charge in [0.15, 0.2) is 5.82 Å². The second kappa shape index (κ2) is 12.1. The number of benzene rings is 1. The van der Waals surface area contributed by atoms with Gasteiger partial charge in [-0.05, 0) is 51.4 Å². The molecule has 3 N–H and O–H groups in total. The van der Waals surface area contributed by atoms with E-state index in [4.69, 9.17) is 5.73 Å². The van der Waals surface area contributed by atoms with Gasteiger partial charge in [-0.15, -0.1) is 0 Å². The van der Waals surface area contributed by atoms with Crippen molar-refractivity contribution in [1.29, 1.82) is 0 Å². The molecule has 0 saturated heterocycles. The second-order valence-electron chi connectivity index (χ2n) is 7.30. The molecule has 0 saturated carbocycles. The third kappa shape index (κ3) is 7.46. The van der Waals surface area contributed by atoms with Crippen LogP contribution in [0.2, 0.25) is 0 Å². The number of aryl methyl sites for hydroxylation is 2. The van der Waals surface area contributed by atoms with E-state index in [1.54, 1.807) is 4.68 Å². The molecule has 1 atom stereocenters. The van der Waals surface area contributed by atoms with Crippen LogP contribution in [-0.4, -0.2) is 53.5 Å². The zero-order chi connectivity index (χ0) is 22.0. The summed E-state index contributed by atoms with van der Waals surface area (Å²) in [4.78, 5) is 6.75. The van der Waals surface area contributed by atoms with Gasteiger partial charge in [0.25, 0.3) is 0 Å². The largest absolute Gasteiger partial charge is 0.324 e. The predicted octanol–water partition coefficient (Wildman–Crippen LogP) is 2.08. The normalized spacial score (nSPS) is 13.1. The van der Waals surface area contributed by atoms with Crippen LogP contribution in [0.15, 0.2) is 30.3 Å². The summed E-state index contributed by atoms with van der Waals surface area (Å²) in [6.45, 7) is 9.65. The van der Waals surface area contributed by atoms with Crippen molar-refractivity contribution in [3.05, 3.63) is 47.5 Å². The molecule has 1 heterocycles. The third-order valence-corrected chi connectivity index (χ3v) is 6.70. The number of nitrogens with one attached hydrogen (secondary N) is 1. The first-order chi connectivity index (χ1) is 14.4. The van der Waals surface area contributed by atoms with Crippen molar-refractivity contribution < 1.29 is 8.42 Å². The van der Waals surface area contributed by atoms with E-state index < -0.39 is 16.1 Å². The lowest BCUT2D eigenvalue weighted by atomic mass is 10.1. The van der Waals surface area contributed by atoms with Crippen molar-refractivity contribution in [2.24, 2.45) is 5.73 Å². The molecule has 0 fully saturated rings. The highest BCUT2D eigenvalue weighted by Crippen LogP contribution is 2.19. The number of hydrogen-bond acceptors (Lipinski definition) is 6. The van der Waals surface area contributed by atoms with Gasteiger partial charge in [-0.2, -0.15) is 5.10 Å². The van der Waals surface area contributed by atoms with E-state index in [0.29, 0.717) is 31.0 Å². The second-order valence-corrected chi connectivity index (χ2v) is 9.17. The standard InChI is InChI=1S/C21H36N6O2S/c1-4-26(5-2)15-10-16-30(28,29)25-19(14-13-18-11-8-7-9-12-18)21-23-20(17-22)27(6-3)24-21/h7-9,11-12,19,25H,4-6,10,13-17,22H2,1-3H3/t19-/m1/s1. The summed E-state index contributed by atoms with van der Waals surface area (Å²) in [5, 5.41) is 4.52. The van der Waals surface area contributed by atoms with Crippen LogP contribution in [0.25, 0.3) is 0 Å². The van der Waals surface area contributed by atoms with Gasteiger partial charge >= 0.3 is 0 Å². The molecule has 9 heteroatoms. The monoisotopic (exact) mass is 436 g/mol. The van der Waals surface area contributed by atoms with E-state index in [9.17, 15) is 8.42 Å². The molecular weight excluding hydrogens is 400 g/mol. The maximum absolute atomic E-state index is 12.8. The number of hydrogen-bond donors (Lipinski definition) is 2. The Morgan fingerprint density at radius 1 is 1.17 bits per heavy atom. The molecule has 2 aromatic rings. The van der Waals surface area contributed by atoms with Crippen molar-refractivity contribution in [2.45, 2.75) is 59.2 Å². The maximum Gasteiger partial charge on any atom is 0.212 e. The Hall–Kier alpha value is -1.81. The molecule has 0 aliphatic rings. The lowest BCUT2D eigenvalue weighted by molar-refractivity contribution is 0.304. The van der Waals surface area contributed by atoms with Gasteiger partial charge in [0.2, 0.25) is 10.0 Å². The highest BCUT2D eigenvalue weighted by molar-refractivity contribution is 7.89. The molecular formula is C21H36N6O2S. The van der Waals surface area contributed by atoms with Gasteiger partial charge in [-0.3, -0.25) is 0 Å². The van der Waals surface area contributed by atoms with Gasteiger partial charge in [0.05, 0.1) is 18.3 Å². The first kappa shape index (κ1) is 24.5. The van der Waals surface area contributed by atoms with E-state index in [1.165, 1.54) is 0 Å². The third-order valence-electron chi connectivity index (χ3n) is 5.23. The van der Waals surface area contributed by atoms with Crippen LogP contribution in [0.3, 0.4) is 0 Å². The summed E-state index contributed by atoms with van der Waals surface area (Å²) in [6.07, 6.45) is 1.90. The summed E-state index contributed by atoms with van der Waals surface area (Å²) in [5.74, 6) is 1.24. The minimum atomic E-state index is -3.46. The number of aromatic nitrogens is 3. The zero-order valence-corrected chi connectivity index (χ0v) is 19.2. The van der Waals surface area contributed by atoms with E-state index in [-0.39, 0.29) is 12.3 Å². The molecule has 0 spiro atoms. The van der Waals surface area contributed by atoms with Crippen LogP contribution < -0.4 is 10.5 Å². The van der Waals surface area contributed by atoms with Gasteiger partial charge in [-0.1, -0.05) is 44.2 Å². The van der Waals surface area contributed by atoms with E-state index >= 15 is 0 Å².